The molecule has 132 valence electrons. The van der Waals surface area contributed by atoms with Crippen molar-refractivity contribution in [1.82, 2.24) is 5.32 Å². The zero-order chi connectivity index (χ0) is 18.5. The number of anilines is 1. The first-order chi connectivity index (χ1) is 12.5. The second-order valence-corrected chi connectivity index (χ2v) is 6.96. The topological polar surface area (TPSA) is 24.1 Å². The Hall–Kier alpha value is -2.65. The first-order valence-corrected chi connectivity index (χ1v) is 9.24. The van der Waals surface area contributed by atoms with Crippen LogP contribution in [0.2, 0.25) is 0 Å². The van der Waals surface area contributed by atoms with Crippen molar-refractivity contribution in [3.05, 3.63) is 89.5 Å². The lowest BCUT2D eigenvalue weighted by molar-refractivity contribution is 0.723. The summed E-state index contributed by atoms with van der Waals surface area (Å²) in [5.41, 5.74) is 7.17. The third-order valence-electron chi connectivity index (χ3n) is 4.72. The zero-order valence-electron chi connectivity index (χ0n) is 15.4. The standard InChI is InChI=1S/C23H24N2S/c1-16-8-7-11-22(17(16)2)25-23(26)24-18(3)19-12-14-21(15-13-19)20-9-5-4-6-10-20/h4-15,18H,1-3H3,(H2,24,25,26)/t18-/m0/s1. The molecule has 3 aromatic carbocycles. The van der Waals surface area contributed by atoms with Crippen molar-refractivity contribution in [1.29, 1.82) is 0 Å². The Balaban J connectivity index is 1.65. The molecule has 0 spiro atoms. The molecule has 3 aromatic rings. The van der Waals surface area contributed by atoms with Gasteiger partial charge < -0.3 is 10.6 Å². The Morgan fingerprint density at radius 2 is 1.46 bits per heavy atom. The van der Waals surface area contributed by atoms with Crippen LogP contribution < -0.4 is 10.6 Å². The highest BCUT2D eigenvalue weighted by Crippen LogP contribution is 2.22. The predicted molar refractivity (Wildman–Crippen MR) is 116 cm³/mol. The van der Waals surface area contributed by atoms with Crippen LogP contribution in [0.1, 0.15) is 29.7 Å². The molecule has 26 heavy (non-hydrogen) atoms. The Bertz CT molecular complexity index is 886. The van der Waals surface area contributed by atoms with Gasteiger partial charge in [-0.2, -0.15) is 0 Å². The number of thiocarbonyl (C=S) groups is 1. The van der Waals surface area contributed by atoms with Gasteiger partial charge in [-0.3, -0.25) is 0 Å². The molecule has 0 heterocycles. The summed E-state index contributed by atoms with van der Waals surface area (Å²) >= 11 is 5.50. The molecule has 0 saturated heterocycles. The molecule has 3 heteroatoms. The lowest BCUT2D eigenvalue weighted by atomic mass is 10.0. The maximum Gasteiger partial charge on any atom is 0.171 e. The summed E-state index contributed by atoms with van der Waals surface area (Å²) in [6, 6.07) is 25.4. The minimum absolute atomic E-state index is 0.130. The molecule has 2 nitrogen and oxygen atoms in total. The fourth-order valence-electron chi connectivity index (χ4n) is 2.92. The Kier molecular flexibility index (Phi) is 5.69. The summed E-state index contributed by atoms with van der Waals surface area (Å²) in [5, 5.41) is 7.32. The average molecular weight is 361 g/mol. The van der Waals surface area contributed by atoms with Crippen LogP contribution in [-0.4, -0.2) is 5.11 Å². The van der Waals surface area contributed by atoms with Crippen molar-refractivity contribution in [2.24, 2.45) is 0 Å². The van der Waals surface area contributed by atoms with Crippen LogP contribution in [0.4, 0.5) is 5.69 Å². The molecule has 0 aromatic heterocycles. The molecule has 2 N–H and O–H groups in total. The molecular formula is C23H24N2S. The van der Waals surface area contributed by atoms with Crippen LogP contribution in [0.5, 0.6) is 0 Å². The quantitative estimate of drug-likeness (QED) is 0.557. The number of hydrogen-bond acceptors (Lipinski definition) is 1. The Morgan fingerprint density at radius 3 is 2.15 bits per heavy atom. The Labute approximate surface area is 161 Å². The highest BCUT2D eigenvalue weighted by atomic mass is 32.1. The third kappa shape index (κ3) is 4.30. The molecule has 3 rings (SSSR count). The fraction of sp³-hybridized carbons (Fsp3) is 0.174. The zero-order valence-corrected chi connectivity index (χ0v) is 16.2. The molecule has 0 aliphatic heterocycles. The van der Waals surface area contributed by atoms with E-state index < -0.39 is 0 Å². The van der Waals surface area contributed by atoms with Crippen LogP contribution in [0, 0.1) is 13.8 Å². The molecular weight excluding hydrogens is 336 g/mol. The fourth-order valence-corrected chi connectivity index (χ4v) is 3.21. The Morgan fingerprint density at radius 1 is 0.808 bits per heavy atom. The number of hydrogen-bond donors (Lipinski definition) is 2. The van der Waals surface area contributed by atoms with E-state index in [1.807, 2.05) is 12.1 Å². The maximum atomic E-state index is 5.50. The van der Waals surface area contributed by atoms with Crippen LogP contribution in [0.25, 0.3) is 11.1 Å². The van der Waals surface area contributed by atoms with E-state index in [-0.39, 0.29) is 6.04 Å². The predicted octanol–water partition coefficient (Wildman–Crippen LogP) is 6.02. The van der Waals surface area contributed by atoms with Gasteiger partial charge in [-0.1, -0.05) is 66.7 Å². The lowest BCUT2D eigenvalue weighted by Gasteiger charge is -2.19. The van der Waals surface area contributed by atoms with Gasteiger partial charge in [0.1, 0.15) is 0 Å². The molecule has 0 unspecified atom stereocenters. The number of benzene rings is 3. The van der Waals surface area contributed by atoms with Gasteiger partial charge in [0.2, 0.25) is 0 Å². The summed E-state index contributed by atoms with van der Waals surface area (Å²) in [7, 11) is 0. The summed E-state index contributed by atoms with van der Waals surface area (Å²) < 4.78 is 0. The number of rotatable bonds is 4. The first-order valence-electron chi connectivity index (χ1n) is 8.83. The second-order valence-electron chi connectivity index (χ2n) is 6.56. The lowest BCUT2D eigenvalue weighted by Crippen LogP contribution is -2.31. The van der Waals surface area contributed by atoms with Crippen molar-refractivity contribution in [3.63, 3.8) is 0 Å². The number of nitrogens with one attached hydrogen (secondary N) is 2. The van der Waals surface area contributed by atoms with Crippen molar-refractivity contribution < 1.29 is 0 Å². The van der Waals surface area contributed by atoms with E-state index >= 15 is 0 Å². The van der Waals surface area contributed by atoms with Crippen LogP contribution in [0.3, 0.4) is 0 Å². The average Bonchev–Trinajstić information content (AvgIpc) is 2.66. The molecule has 0 fully saturated rings. The largest absolute Gasteiger partial charge is 0.356 e. The van der Waals surface area contributed by atoms with E-state index in [0.29, 0.717) is 5.11 Å². The monoisotopic (exact) mass is 360 g/mol. The summed E-state index contributed by atoms with van der Waals surface area (Å²) in [6.07, 6.45) is 0. The summed E-state index contributed by atoms with van der Waals surface area (Å²) in [4.78, 5) is 0. The highest BCUT2D eigenvalue weighted by molar-refractivity contribution is 7.80. The van der Waals surface area contributed by atoms with Crippen LogP contribution in [0.15, 0.2) is 72.8 Å². The van der Waals surface area contributed by atoms with E-state index in [2.05, 4.69) is 92.1 Å². The molecule has 1 atom stereocenters. The smallest absolute Gasteiger partial charge is 0.171 e. The van der Waals surface area contributed by atoms with E-state index in [0.717, 1.165) is 5.69 Å². The minimum atomic E-state index is 0.130. The normalized spacial score (nSPS) is 11.7. The summed E-state index contributed by atoms with van der Waals surface area (Å²) in [5.74, 6) is 0. The number of aryl methyl sites for hydroxylation is 1. The van der Waals surface area contributed by atoms with Gasteiger partial charge >= 0.3 is 0 Å². The van der Waals surface area contributed by atoms with Gasteiger partial charge in [0.15, 0.2) is 5.11 Å². The molecule has 0 radical (unpaired) electrons. The molecule has 0 bridgehead atoms. The van der Waals surface area contributed by atoms with Crippen molar-refractivity contribution in [2.75, 3.05) is 5.32 Å². The van der Waals surface area contributed by atoms with Crippen LogP contribution >= 0.6 is 12.2 Å². The van der Waals surface area contributed by atoms with Crippen LogP contribution in [-0.2, 0) is 0 Å². The third-order valence-corrected chi connectivity index (χ3v) is 4.94. The molecule has 0 amide bonds. The van der Waals surface area contributed by atoms with Gasteiger partial charge in [-0.25, -0.2) is 0 Å². The van der Waals surface area contributed by atoms with Crippen molar-refractivity contribution in [3.8, 4) is 11.1 Å². The summed E-state index contributed by atoms with van der Waals surface area (Å²) in [6.45, 7) is 6.33. The van der Waals surface area contributed by atoms with Gasteiger partial charge in [0, 0.05) is 5.69 Å². The highest BCUT2D eigenvalue weighted by Gasteiger charge is 2.09. The maximum absolute atomic E-state index is 5.50. The minimum Gasteiger partial charge on any atom is -0.356 e. The van der Waals surface area contributed by atoms with Crippen molar-refractivity contribution >= 4 is 23.0 Å². The van der Waals surface area contributed by atoms with Gasteiger partial charge in [-0.15, -0.1) is 0 Å². The van der Waals surface area contributed by atoms with Gasteiger partial charge in [0.05, 0.1) is 6.04 Å². The molecule has 0 aliphatic rings. The second kappa shape index (κ2) is 8.15. The first kappa shape index (κ1) is 18.2. The SMILES string of the molecule is Cc1cccc(NC(=S)N[C@@H](C)c2ccc(-c3ccccc3)cc2)c1C. The van der Waals surface area contributed by atoms with E-state index in [4.69, 9.17) is 12.2 Å². The molecule has 0 saturated carbocycles. The van der Waals surface area contributed by atoms with E-state index in [1.165, 1.54) is 27.8 Å². The van der Waals surface area contributed by atoms with E-state index in [9.17, 15) is 0 Å². The molecule has 0 aliphatic carbocycles. The van der Waals surface area contributed by atoms with E-state index in [1.54, 1.807) is 0 Å². The van der Waals surface area contributed by atoms with Gasteiger partial charge in [0.25, 0.3) is 0 Å². The van der Waals surface area contributed by atoms with Gasteiger partial charge in [-0.05, 0) is 66.9 Å². The van der Waals surface area contributed by atoms with Crippen molar-refractivity contribution in [2.45, 2.75) is 26.8 Å².